The molecule has 0 amide bonds. The largest absolute Gasteiger partial charge is 0.485 e. The number of Topliss-reactive ketones (excluding diaryl/α,β-unsaturated/α-hetero) is 1. The molecule has 0 aliphatic rings. The van der Waals surface area contributed by atoms with Crippen molar-refractivity contribution in [2.45, 2.75) is 0 Å². The molecule has 3 rings (SSSR count). The summed E-state index contributed by atoms with van der Waals surface area (Å²) in [5, 5.41) is 0.957. The number of ketones is 1. The first-order valence-corrected chi connectivity index (χ1v) is 6.39. The molecule has 1 aromatic heterocycles. The summed E-state index contributed by atoms with van der Waals surface area (Å²) in [6.07, 6.45) is 1.74. The van der Waals surface area contributed by atoms with Crippen molar-refractivity contribution in [1.29, 1.82) is 0 Å². The maximum absolute atomic E-state index is 12.1. The van der Waals surface area contributed by atoms with Crippen molar-refractivity contribution in [3.63, 3.8) is 0 Å². The zero-order chi connectivity index (χ0) is 13.8. The number of rotatable bonds is 4. The van der Waals surface area contributed by atoms with Crippen molar-refractivity contribution in [3.05, 3.63) is 72.4 Å². The number of carbonyl (C=O) groups excluding carboxylic acids is 1. The maximum atomic E-state index is 12.1. The normalized spacial score (nSPS) is 10.4. The summed E-state index contributed by atoms with van der Waals surface area (Å²) >= 11 is 0. The highest BCUT2D eigenvalue weighted by atomic mass is 16.5. The molecule has 0 N–H and O–H groups in total. The lowest BCUT2D eigenvalue weighted by Crippen LogP contribution is -2.11. The maximum Gasteiger partial charge on any atom is 0.200 e. The molecule has 2 aromatic carbocycles. The molecule has 0 bridgehead atoms. The molecule has 0 saturated heterocycles. The van der Waals surface area contributed by atoms with E-state index < -0.39 is 0 Å². The number of aromatic nitrogens is 1. The molecule has 3 heteroatoms. The quantitative estimate of drug-likeness (QED) is 0.676. The number of carbonyl (C=O) groups is 1. The first-order valence-electron chi connectivity index (χ1n) is 6.39. The van der Waals surface area contributed by atoms with Gasteiger partial charge in [-0.3, -0.25) is 9.78 Å². The number of benzene rings is 2. The molecule has 0 radical (unpaired) electrons. The fourth-order valence-electron chi connectivity index (χ4n) is 2.00. The highest BCUT2D eigenvalue weighted by molar-refractivity contribution is 6.00. The fraction of sp³-hybridized carbons (Fsp3) is 0.0588. The van der Waals surface area contributed by atoms with Crippen LogP contribution in [0.25, 0.3) is 10.9 Å². The Hall–Kier alpha value is -2.68. The van der Waals surface area contributed by atoms with Crippen molar-refractivity contribution in [1.82, 2.24) is 4.98 Å². The van der Waals surface area contributed by atoms with Gasteiger partial charge >= 0.3 is 0 Å². The summed E-state index contributed by atoms with van der Waals surface area (Å²) in [7, 11) is 0. The van der Waals surface area contributed by atoms with Crippen LogP contribution in [0.4, 0.5) is 0 Å². The van der Waals surface area contributed by atoms with Crippen LogP contribution in [-0.4, -0.2) is 17.4 Å². The van der Waals surface area contributed by atoms with Gasteiger partial charge in [-0.25, -0.2) is 0 Å². The van der Waals surface area contributed by atoms with Crippen molar-refractivity contribution in [3.8, 4) is 5.75 Å². The molecule has 20 heavy (non-hydrogen) atoms. The highest BCUT2D eigenvalue weighted by Crippen LogP contribution is 2.15. The van der Waals surface area contributed by atoms with Crippen LogP contribution in [0.2, 0.25) is 0 Å². The van der Waals surface area contributed by atoms with Crippen LogP contribution in [0, 0.1) is 0 Å². The minimum Gasteiger partial charge on any atom is -0.485 e. The number of para-hydroxylation sites is 1. The summed E-state index contributed by atoms with van der Waals surface area (Å²) < 4.78 is 5.47. The van der Waals surface area contributed by atoms with Crippen LogP contribution < -0.4 is 4.74 Å². The van der Waals surface area contributed by atoms with Gasteiger partial charge in [0.1, 0.15) is 5.75 Å². The SMILES string of the molecule is O=C(COc1ccccc1)c1ccc2ncccc2c1. The number of hydrogen-bond donors (Lipinski definition) is 0. The monoisotopic (exact) mass is 263 g/mol. The van der Waals surface area contributed by atoms with E-state index in [-0.39, 0.29) is 12.4 Å². The lowest BCUT2D eigenvalue weighted by molar-refractivity contribution is 0.0921. The predicted molar refractivity (Wildman–Crippen MR) is 78.0 cm³/mol. The second kappa shape index (κ2) is 5.53. The Bertz CT molecular complexity index is 738. The molecule has 0 unspecified atom stereocenters. The molecular formula is C17H13NO2. The lowest BCUT2D eigenvalue weighted by atomic mass is 10.1. The van der Waals surface area contributed by atoms with Crippen LogP contribution >= 0.6 is 0 Å². The number of nitrogens with zero attached hydrogens (tertiary/aromatic N) is 1. The van der Waals surface area contributed by atoms with E-state index in [0.717, 1.165) is 10.9 Å². The van der Waals surface area contributed by atoms with Gasteiger partial charge in [-0.2, -0.15) is 0 Å². The summed E-state index contributed by atoms with van der Waals surface area (Å²) in [6.45, 7) is 0.0375. The topological polar surface area (TPSA) is 39.2 Å². The number of pyridine rings is 1. The van der Waals surface area contributed by atoms with E-state index in [1.807, 2.05) is 54.6 Å². The Kier molecular flexibility index (Phi) is 3.42. The molecule has 3 aromatic rings. The van der Waals surface area contributed by atoms with Gasteiger partial charge < -0.3 is 4.74 Å². The molecule has 3 nitrogen and oxygen atoms in total. The van der Waals surface area contributed by atoms with E-state index in [0.29, 0.717) is 11.3 Å². The van der Waals surface area contributed by atoms with Gasteiger partial charge in [0.15, 0.2) is 12.4 Å². The fourth-order valence-corrected chi connectivity index (χ4v) is 2.00. The molecule has 0 aliphatic heterocycles. The van der Waals surface area contributed by atoms with E-state index in [4.69, 9.17) is 4.74 Å². The molecule has 0 spiro atoms. The highest BCUT2D eigenvalue weighted by Gasteiger charge is 2.07. The van der Waals surface area contributed by atoms with Crippen LogP contribution in [0.15, 0.2) is 66.9 Å². The molecule has 0 aliphatic carbocycles. The molecule has 1 heterocycles. The van der Waals surface area contributed by atoms with E-state index in [1.165, 1.54) is 0 Å². The van der Waals surface area contributed by atoms with Gasteiger partial charge in [0.05, 0.1) is 5.52 Å². The Labute approximate surface area is 116 Å². The Balaban J connectivity index is 1.75. The van der Waals surface area contributed by atoms with E-state index in [9.17, 15) is 4.79 Å². The van der Waals surface area contributed by atoms with Gasteiger partial charge in [-0.15, -0.1) is 0 Å². The lowest BCUT2D eigenvalue weighted by Gasteiger charge is -2.06. The average molecular weight is 263 g/mol. The summed E-state index contributed by atoms with van der Waals surface area (Å²) in [5.41, 5.74) is 1.52. The minimum atomic E-state index is -0.0420. The molecule has 0 saturated carbocycles. The molecule has 0 atom stereocenters. The second-order valence-corrected chi connectivity index (χ2v) is 4.44. The van der Waals surface area contributed by atoms with Crippen LogP contribution in [0.3, 0.4) is 0 Å². The number of hydrogen-bond acceptors (Lipinski definition) is 3. The Morgan fingerprint density at radius 3 is 2.70 bits per heavy atom. The van der Waals surface area contributed by atoms with Gasteiger partial charge in [-0.05, 0) is 36.4 Å². The van der Waals surface area contributed by atoms with Crippen molar-refractivity contribution in [2.75, 3.05) is 6.61 Å². The molecule has 98 valence electrons. The van der Waals surface area contributed by atoms with Crippen molar-refractivity contribution in [2.24, 2.45) is 0 Å². The smallest absolute Gasteiger partial charge is 0.200 e. The molecule has 0 fully saturated rings. The number of fused-ring (bicyclic) bond motifs is 1. The van der Waals surface area contributed by atoms with E-state index in [1.54, 1.807) is 12.3 Å². The second-order valence-electron chi connectivity index (χ2n) is 4.44. The predicted octanol–water partition coefficient (Wildman–Crippen LogP) is 3.50. The van der Waals surface area contributed by atoms with Crippen LogP contribution in [0.1, 0.15) is 10.4 Å². The van der Waals surface area contributed by atoms with Crippen molar-refractivity contribution >= 4 is 16.7 Å². The van der Waals surface area contributed by atoms with Crippen LogP contribution in [0.5, 0.6) is 5.75 Å². The first-order chi connectivity index (χ1) is 9.83. The summed E-state index contributed by atoms with van der Waals surface area (Å²) in [6, 6.07) is 18.6. The summed E-state index contributed by atoms with van der Waals surface area (Å²) in [5.74, 6) is 0.655. The zero-order valence-corrected chi connectivity index (χ0v) is 10.8. The number of ether oxygens (including phenoxy) is 1. The standard InChI is InChI=1S/C17H13NO2/c19-17(12-20-15-6-2-1-3-7-15)14-8-9-16-13(11-14)5-4-10-18-16/h1-11H,12H2. The Morgan fingerprint density at radius 1 is 1.00 bits per heavy atom. The third-order valence-corrected chi connectivity index (χ3v) is 3.04. The first kappa shape index (κ1) is 12.4. The van der Waals surface area contributed by atoms with E-state index in [2.05, 4.69) is 4.98 Å². The van der Waals surface area contributed by atoms with Crippen molar-refractivity contribution < 1.29 is 9.53 Å². The minimum absolute atomic E-state index is 0.0375. The Morgan fingerprint density at radius 2 is 1.85 bits per heavy atom. The van der Waals surface area contributed by atoms with Gasteiger partial charge in [0.2, 0.25) is 0 Å². The van der Waals surface area contributed by atoms with Gasteiger partial charge in [0.25, 0.3) is 0 Å². The van der Waals surface area contributed by atoms with Gasteiger partial charge in [-0.1, -0.05) is 24.3 Å². The molecular weight excluding hydrogens is 250 g/mol. The van der Waals surface area contributed by atoms with E-state index >= 15 is 0 Å². The van der Waals surface area contributed by atoms with Crippen LogP contribution in [-0.2, 0) is 0 Å². The average Bonchev–Trinajstić information content (AvgIpc) is 2.53. The zero-order valence-electron chi connectivity index (χ0n) is 10.8. The third kappa shape index (κ3) is 2.67. The summed E-state index contributed by atoms with van der Waals surface area (Å²) in [4.78, 5) is 16.3. The van der Waals surface area contributed by atoms with Gasteiger partial charge in [0, 0.05) is 17.1 Å². The third-order valence-electron chi connectivity index (χ3n) is 3.04.